The van der Waals surface area contributed by atoms with Gasteiger partial charge < -0.3 is 14.7 Å². The van der Waals surface area contributed by atoms with Gasteiger partial charge in [-0.3, -0.25) is 14.6 Å². The highest BCUT2D eigenvalue weighted by Gasteiger charge is 2.29. The molecule has 1 fully saturated rings. The highest BCUT2D eigenvalue weighted by molar-refractivity contribution is 6.00. The van der Waals surface area contributed by atoms with E-state index in [9.17, 15) is 14.7 Å². The van der Waals surface area contributed by atoms with Crippen molar-refractivity contribution in [1.29, 1.82) is 0 Å². The fourth-order valence-corrected chi connectivity index (χ4v) is 3.27. The number of rotatable bonds is 4. The van der Waals surface area contributed by atoms with E-state index in [-0.39, 0.29) is 18.5 Å². The number of pyridine rings is 1. The molecule has 2 aromatic rings. The molecule has 1 aromatic heterocycles. The molecule has 1 aliphatic rings. The molecule has 1 saturated heterocycles. The Bertz CT molecular complexity index is 812. The van der Waals surface area contributed by atoms with Gasteiger partial charge >= 0.3 is 5.97 Å². The number of aliphatic carboxylic acids is 1. The van der Waals surface area contributed by atoms with Crippen LogP contribution in [0.3, 0.4) is 0 Å². The molecule has 2 heterocycles. The van der Waals surface area contributed by atoms with Crippen molar-refractivity contribution in [1.82, 2.24) is 9.88 Å². The molecule has 3 rings (SSSR count). The van der Waals surface area contributed by atoms with Crippen molar-refractivity contribution in [2.45, 2.75) is 32.7 Å². The number of amides is 1. The van der Waals surface area contributed by atoms with E-state index in [1.807, 2.05) is 31.2 Å². The van der Waals surface area contributed by atoms with Crippen LogP contribution in [0.5, 0.6) is 0 Å². The van der Waals surface area contributed by atoms with Crippen molar-refractivity contribution in [2.75, 3.05) is 19.8 Å². The van der Waals surface area contributed by atoms with E-state index in [0.29, 0.717) is 37.3 Å². The molecular formula is C19H22N2O4. The third-order valence-electron chi connectivity index (χ3n) is 4.59. The molecule has 0 unspecified atom stereocenters. The van der Waals surface area contributed by atoms with E-state index in [1.54, 1.807) is 6.92 Å². The highest BCUT2D eigenvalue weighted by Crippen LogP contribution is 2.22. The number of nitrogens with zero attached hydrogens (tertiary/aromatic N) is 2. The van der Waals surface area contributed by atoms with Gasteiger partial charge in [-0.2, -0.15) is 0 Å². The second-order valence-corrected chi connectivity index (χ2v) is 6.49. The van der Waals surface area contributed by atoms with E-state index >= 15 is 0 Å². The number of benzene rings is 1. The Morgan fingerprint density at radius 2 is 1.96 bits per heavy atom. The molecule has 1 aromatic carbocycles. The maximum Gasteiger partial charge on any atom is 0.323 e. The van der Waals surface area contributed by atoms with Crippen molar-refractivity contribution in [3.8, 4) is 0 Å². The summed E-state index contributed by atoms with van der Waals surface area (Å²) in [4.78, 5) is 30.4. The van der Waals surface area contributed by atoms with E-state index < -0.39 is 5.97 Å². The maximum atomic E-state index is 13.1. The summed E-state index contributed by atoms with van der Waals surface area (Å²) < 4.78 is 5.34. The number of fused-ring (bicyclic) bond motifs is 1. The zero-order chi connectivity index (χ0) is 18.0. The lowest BCUT2D eigenvalue weighted by Gasteiger charge is -2.33. The van der Waals surface area contributed by atoms with E-state index in [2.05, 4.69) is 4.98 Å². The Morgan fingerprint density at radius 1 is 1.24 bits per heavy atom. The third-order valence-corrected chi connectivity index (χ3v) is 4.59. The van der Waals surface area contributed by atoms with Gasteiger partial charge in [0.25, 0.3) is 5.91 Å². The van der Waals surface area contributed by atoms with Gasteiger partial charge in [-0.25, -0.2) is 0 Å². The van der Waals surface area contributed by atoms with Crippen molar-refractivity contribution in [3.05, 3.63) is 41.1 Å². The molecule has 0 bridgehead atoms. The molecule has 25 heavy (non-hydrogen) atoms. The topological polar surface area (TPSA) is 79.7 Å². The number of carbonyl (C=O) groups excluding carboxylic acids is 1. The number of aryl methyl sites for hydroxylation is 2. The number of carboxylic acids is 1. The first-order valence-corrected chi connectivity index (χ1v) is 8.44. The van der Waals surface area contributed by atoms with E-state index in [0.717, 1.165) is 16.5 Å². The minimum atomic E-state index is -1.01. The first-order valence-electron chi connectivity index (χ1n) is 8.44. The first kappa shape index (κ1) is 17.4. The average molecular weight is 342 g/mol. The van der Waals surface area contributed by atoms with E-state index in [4.69, 9.17) is 4.74 Å². The molecule has 132 valence electrons. The predicted octanol–water partition coefficient (Wildman–Crippen LogP) is 2.56. The van der Waals surface area contributed by atoms with Crippen LogP contribution in [0.25, 0.3) is 10.9 Å². The van der Waals surface area contributed by atoms with Crippen LogP contribution in [0, 0.1) is 13.8 Å². The number of aromatic nitrogens is 1. The molecular weight excluding hydrogens is 320 g/mol. The normalized spacial score (nSPS) is 15.3. The number of ether oxygens (including phenoxy) is 1. The van der Waals surface area contributed by atoms with E-state index in [1.165, 1.54) is 4.90 Å². The van der Waals surface area contributed by atoms with Gasteiger partial charge in [0.05, 0.1) is 16.8 Å². The molecule has 0 saturated carbocycles. The molecule has 0 atom stereocenters. The van der Waals surface area contributed by atoms with Crippen LogP contribution in [-0.2, 0) is 9.53 Å². The Hall–Kier alpha value is -2.47. The van der Waals surface area contributed by atoms with Gasteiger partial charge in [0.15, 0.2) is 0 Å². The molecule has 6 heteroatoms. The van der Waals surface area contributed by atoms with Crippen molar-refractivity contribution < 1.29 is 19.4 Å². The van der Waals surface area contributed by atoms with Gasteiger partial charge in [-0.1, -0.05) is 11.6 Å². The SMILES string of the molecule is Cc1ccc2nc(C)c(C(=O)N(CC(=O)O)C3CCOCC3)cc2c1. The molecule has 0 radical (unpaired) electrons. The predicted molar refractivity (Wildman–Crippen MR) is 93.7 cm³/mol. The summed E-state index contributed by atoms with van der Waals surface area (Å²) in [6.45, 7) is 4.55. The Labute approximate surface area is 146 Å². The zero-order valence-corrected chi connectivity index (χ0v) is 14.5. The largest absolute Gasteiger partial charge is 0.480 e. The van der Waals surface area contributed by atoms with Crippen molar-refractivity contribution >= 4 is 22.8 Å². The molecule has 1 N–H and O–H groups in total. The van der Waals surface area contributed by atoms with Crippen LogP contribution < -0.4 is 0 Å². The Morgan fingerprint density at radius 3 is 2.64 bits per heavy atom. The van der Waals surface area contributed by atoms with Crippen LogP contribution in [-0.4, -0.2) is 52.7 Å². The standard InChI is InChI=1S/C19H22N2O4/c1-12-3-4-17-14(9-12)10-16(13(2)20-17)19(24)21(11-18(22)23)15-5-7-25-8-6-15/h3-4,9-10,15H,5-8,11H2,1-2H3,(H,22,23). The summed E-state index contributed by atoms with van der Waals surface area (Å²) in [5.74, 6) is -1.29. The minimum absolute atomic E-state index is 0.120. The minimum Gasteiger partial charge on any atom is -0.480 e. The monoisotopic (exact) mass is 342 g/mol. The third kappa shape index (κ3) is 3.79. The molecule has 1 amide bonds. The fourth-order valence-electron chi connectivity index (χ4n) is 3.27. The van der Waals surface area contributed by atoms with Crippen LogP contribution in [0.15, 0.2) is 24.3 Å². The lowest BCUT2D eigenvalue weighted by Crippen LogP contribution is -2.46. The van der Waals surface area contributed by atoms with Crippen LogP contribution in [0.2, 0.25) is 0 Å². The van der Waals surface area contributed by atoms with Crippen LogP contribution in [0.1, 0.15) is 34.5 Å². The number of carboxylic acid groups (broad SMARTS) is 1. The Balaban J connectivity index is 1.99. The van der Waals surface area contributed by atoms with Gasteiger partial charge in [0, 0.05) is 24.6 Å². The quantitative estimate of drug-likeness (QED) is 0.924. The van der Waals surface area contributed by atoms with Gasteiger partial charge in [-0.05, 0) is 44.9 Å². The summed E-state index contributed by atoms with van der Waals surface area (Å²) in [6, 6.07) is 7.59. The maximum absolute atomic E-state index is 13.1. The lowest BCUT2D eigenvalue weighted by atomic mass is 10.0. The van der Waals surface area contributed by atoms with Crippen LogP contribution in [0.4, 0.5) is 0 Å². The van der Waals surface area contributed by atoms with Crippen molar-refractivity contribution in [2.24, 2.45) is 0 Å². The second kappa shape index (κ2) is 7.19. The van der Waals surface area contributed by atoms with Crippen molar-refractivity contribution in [3.63, 3.8) is 0 Å². The molecule has 1 aliphatic heterocycles. The highest BCUT2D eigenvalue weighted by atomic mass is 16.5. The molecule has 6 nitrogen and oxygen atoms in total. The number of hydrogen-bond acceptors (Lipinski definition) is 4. The number of carbonyl (C=O) groups is 2. The van der Waals surface area contributed by atoms with Gasteiger partial charge in [0.2, 0.25) is 0 Å². The average Bonchev–Trinajstić information content (AvgIpc) is 2.59. The summed E-state index contributed by atoms with van der Waals surface area (Å²) in [5, 5.41) is 10.1. The lowest BCUT2D eigenvalue weighted by molar-refractivity contribution is -0.138. The Kier molecular flexibility index (Phi) is 4.99. The van der Waals surface area contributed by atoms with Gasteiger partial charge in [0.1, 0.15) is 6.54 Å². The van der Waals surface area contributed by atoms with Gasteiger partial charge in [-0.15, -0.1) is 0 Å². The number of hydrogen-bond donors (Lipinski definition) is 1. The summed E-state index contributed by atoms with van der Waals surface area (Å²) in [5.41, 5.74) is 2.99. The smallest absolute Gasteiger partial charge is 0.323 e. The zero-order valence-electron chi connectivity index (χ0n) is 14.5. The first-order chi connectivity index (χ1) is 12.0. The summed E-state index contributed by atoms with van der Waals surface area (Å²) in [6.07, 6.45) is 1.30. The fraction of sp³-hybridized carbons (Fsp3) is 0.421. The molecule has 0 spiro atoms. The second-order valence-electron chi connectivity index (χ2n) is 6.49. The summed E-state index contributed by atoms with van der Waals surface area (Å²) in [7, 11) is 0. The van der Waals surface area contributed by atoms with Crippen LogP contribution >= 0.6 is 0 Å². The summed E-state index contributed by atoms with van der Waals surface area (Å²) >= 11 is 0. The molecule has 0 aliphatic carbocycles.